The van der Waals surface area contributed by atoms with Crippen molar-refractivity contribution in [3.05, 3.63) is 47.9 Å². The van der Waals surface area contributed by atoms with Gasteiger partial charge >= 0.3 is 0 Å². The minimum atomic E-state index is -2.81. The first-order chi connectivity index (χ1) is 14.5. The monoisotopic (exact) mass is 447 g/mol. The minimum Gasteiger partial charge on any atom is -0.496 e. The van der Waals surface area contributed by atoms with Gasteiger partial charge in [0.05, 0.1) is 37.7 Å². The number of hydrogen-bond donors (Lipinski definition) is 3. The molecule has 0 saturated carbocycles. The first kappa shape index (κ1) is 22.4. The highest BCUT2D eigenvalue weighted by Gasteiger charge is 2.42. The SMILES string of the molecule is COc1cc(C2CCNCC2(F)F)ccc1-c1cc(Nc2cnc(C#N)cn2)n[nH]1.Cl. The van der Waals surface area contributed by atoms with Crippen LogP contribution in [0.3, 0.4) is 0 Å². The minimum absolute atomic E-state index is 0. The molecule has 2 aromatic heterocycles. The summed E-state index contributed by atoms with van der Waals surface area (Å²) in [6.45, 7) is 0.230. The lowest BCUT2D eigenvalue weighted by Crippen LogP contribution is -2.44. The highest BCUT2D eigenvalue weighted by molar-refractivity contribution is 5.85. The third-order valence-electron chi connectivity index (χ3n) is 5.00. The van der Waals surface area contributed by atoms with Gasteiger partial charge in [-0.1, -0.05) is 6.07 Å². The highest BCUT2D eigenvalue weighted by Crippen LogP contribution is 2.41. The van der Waals surface area contributed by atoms with Gasteiger partial charge < -0.3 is 15.4 Å². The van der Waals surface area contributed by atoms with Gasteiger partial charge in [-0.25, -0.2) is 18.7 Å². The van der Waals surface area contributed by atoms with E-state index in [1.165, 1.54) is 19.5 Å². The second-order valence-corrected chi connectivity index (χ2v) is 6.93. The van der Waals surface area contributed by atoms with Gasteiger partial charge in [-0.3, -0.25) is 5.10 Å². The molecule has 1 aliphatic rings. The topological polar surface area (TPSA) is 112 Å². The molecule has 1 fully saturated rings. The smallest absolute Gasteiger partial charge is 0.267 e. The zero-order valence-corrected chi connectivity index (χ0v) is 17.3. The Morgan fingerprint density at radius 3 is 2.74 bits per heavy atom. The van der Waals surface area contributed by atoms with Crippen molar-refractivity contribution in [3.8, 4) is 23.1 Å². The van der Waals surface area contributed by atoms with E-state index in [9.17, 15) is 8.78 Å². The van der Waals surface area contributed by atoms with Gasteiger partial charge in [-0.05, 0) is 30.7 Å². The van der Waals surface area contributed by atoms with Crippen LogP contribution in [0.4, 0.5) is 20.4 Å². The highest BCUT2D eigenvalue weighted by atomic mass is 35.5. The molecule has 0 aliphatic carbocycles. The Morgan fingerprint density at radius 1 is 1.23 bits per heavy atom. The molecule has 0 amide bonds. The summed E-state index contributed by atoms with van der Waals surface area (Å²) in [5.41, 5.74) is 2.12. The van der Waals surface area contributed by atoms with E-state index in [0.29, 0.717) is 47.2 Å². The number of aromatic nitrogens is 4. The number of piperidine rings is 1. The number of nitrogens with one attached hydrogen (secondary N) is 3. The van der Waals surface area contributed by atoms with Gasteiger partial charge in [-0.2, -0.15) is 10.4 Å². The Morgan fingerprint density at radius 2 is 2.06 bits per heavy atom. The summed E-state index contributed by atoms with van der Waals surface area (Å²) in [4.78, 5) is 8.03. The maximum atomic E-state index is 14.3. The van der Waals surface area contributed by atoms with Crippen molar-refractivity contribution in [1.29, 1.82) is 5.26 Å². The number of methoxy groups -OCH3 is 1. The van der Waals surface area contributed by atoms with Crippen molar-refractivity contribution in [2.24, 2.45) is 0 Å². The van der Waals surface area contributed by atoms with Gasteiger partial charge in [0.1, 0.15) is 17.6 Å². The lowest BCUT2D eigenvalue weighted by molar-refractivity contribution is -0.0420. The first-order valence-electron chi connectivity index (χ1n) is 9.31. The molecule has 1 aromatic carbocycles. The van der Waals surface area contributed by atoms with Crippen molar-refractivity contribution in [1.82, 2.24) is 25.5 Å². The number of halogens is 3. The van der Waals surface area contributed by atoms with E-state index < -0.39 is 11.8 Å². The summed E-state index contributed by atoms with van der Waals surface area (Å²) >= 11 is 0. The molecule has 4 rings (SSSR count). The van der Waals surface area contributed by atoms with E-state index in [-0.39, 0.29) is 24.6 Å². The number of H-pyrrole nitrogens is 1. The predicted molar refractivity (Wildman–Crippen MR) is 113 cm³/mol. The van der Waals surface area contributed by atoms with Crippen LogP contribution in [0.25, 0.3) is 11.3 Å². The number of alkyl halides is 2. The number of anilines is 2. The van der Waals surface area contributed by atoms with Crippen molar-refractivity contribution in [2.75, 3.05) is 25.5 Å². The average Bonchev–Trinajstić information content (AvgIpc) is 3.22. The molecule has 1 atom stereocenters. The van der Waals surface area contributed by atoms with Crippen molar-refractivity contribution in [2.45, 2.75) is 18.3 Å². The van der Waals surface area contributed by atoms with E-state index in [1.807, 2.05) is 6.07 Å². The summed E-state index contributed by atoms with van der Waals surface area (Å²) in [6, 6.07) is 8.78. The van der Waals surface area contributed by atoms with E-state index in [0.717, 1.165) is 0 Å². The zero-order valence-electron chi connectivity index (χ0n) is 16.5. The van der Waals surface area contributed by atoms with E-state index in [2.05, 4.69) is 30.8 Å². The predicted octanol–water partition coefficient (Wildman–Crippen LogP) is 3.62. The third kappa shape index (κ3) is 4.73. The number of rotatable bonds is 5. The molecule has 3 heterocycles. The molecule has 8 nitrogen and oxygen atoms in total. The summed E-state index contributed by atoms with van der Waals surface area (Å²) in [7, 11) is 1.51. The Labute approximate surface area is 183 Å². The van der Waals surface area contributed by atoms with Crippen LogP contribution in [0.2, 0.25) is 0 Å². The van der Waals surface area contributed by atoms with Crippen molar-refractivity contribution in [3.63, 3.8) is 0 Å². The molecular formula is C20H20ClF2N7O. The Kier molecular flexibility index (Phi) is 6.68. The van der Waals surface area contributed by atoms with Crippen LogP contribution in [0.15, 0.2) is 36.7 Å². The quantitative estimate of drug-likeness (QED) is 0.547. The summed E-state index contributed by atoms with van der Waals surface area (Å²) in [6.07, 6.45) is 3.15. The fourth-order valence-corrected chi connectivity index (χ4v) is 3.50. The summed E-state index contributed by atoms with van der Waals surface area (Å²) < 4.78 is 34.1. The number of hydrogen-bond acceptors (Lipinski definition) is 7. The van der Waals surface area contributed by atoms with Crippen LogP contribution in [0.1, 0.15) is 23.6 Å². The molecule has 11 heteroatoms. The van der Waals surface area contributed by atoms with Crippen LogP contribution in [0, 0.1) is 11.3 Å². The fourth-order valence-electron chi connectivity index (χ4n) is 3.50. The molecular weight excluding hydrogens is 428 g/mol. The molecule has 0 bridgehead atoms. The molecule has 3 aromatic rings. The van der Waals surface area contributed by atoms with Gasteiger partial charge in [0, 0.05) is 11.6 Å². The lowest BCUT2D eigenvalue weighted by Gasteiger charge is -2.32. The van der Waals surface area contributed by atoms with Crippen molar-refractivity contribution >= 4 is 24.0 Å². The molecule has 3 N–H and O–H groups in total. The Hall–Kier alpha value is -3.29. The zero-order chi connectivity index (χ0) is 21.1. The molecule has 1 aliphatic heterocycles. The third-order valence-corrected chi connectivity index (χ3v) is 5.00. The largest absolute Gasteiger partial charge is 0.496 e. The number of nitriles is 1. The van der Waals surface area contributed by atoms with E-state index in [1.54, 1.807) is 24.3 Å². The maximum Gasteiger partial charge on any atom is 0.267 e. The molecule has 31 heavy (non-hydrogen) atoms. The van der Waals surface area contributed by atoms with Crippen LogP contribution in [-0.4, -0.2) is 46.3 Å². The van der Waals surface area contributed by atoms with Crippen LogP contribution < -0.4 is 15.4 Å². The summed E-state index contributed by atoms with van der Waals surface area (Å²) in [5.74, 6) is -2.26. The van der Waals surface area contributed by atoms with Crippen LogP contribution in [-0.2, 0) is 0 Å². The fraction of sp³-hybridized carbons (Fsp3) is 0.300. The van der Waals surface area contributed by atoms with Crippen molar-refractivity contribution < 1.29 is 13.5 Å². The van der Waals surface area contributed by atoms with E-state index in [4.69, 9.17) is 10.00 Å². The summed E-state index contributed by atoms with van der Waals surface area (Å²) in [5, 5.41) is 21.6. The standard InChI is InChI=1S/C20H19F2N7O.ClH/c1-30-17-6-12(15-4-5-24-11-20(15,21)22)2-3-14(17)16-7-18(29-28-16)27-19-10-25-13(8-23)9-26-19;/h2-3,6-7,9-10,15,24H,4-5,11H2,1H3,(H2,26,27,28,29);1H. The van der Waals surface area contributed by atoms with Gasteiger partial charge in [-0.15, -0.1) is 12.4 Å². The molecule has 1 saturated heterocycles. The lowest BCUT2D eigenvalue weighted by atomic mass is 9.86. The Balaban J connectivity index is 0.00000272. The van der Waals surface area contributed by atoms with Gasteiger partial charge in [0.15, 0.2) is 11.5 Å². The normalized spacial score (nSPS) is 17.3. The number of aromatic amines is 1. The second-order valence-electron chi connectivity index (χ2n) is 6.93. The molecule has 0 radical (unpaired) electrons. The number of nitrogens with zero attached hydrogens (tertiary/aromatic N) is 4. The average molecular weight is 448 g/mol. The van der Waals surface area contributed by atoms with Gasteiger partial charge in [0.25, 0.3) is 5.92 Å². The maximum absolute atomic E-state index is 14.3. The van der Waals surface area contributed by atoms with Gasteiger partial charge in [0.2, 0.25) is 0 Å². The second kappa shape index (κ2) is 9.24. The molecule has 1 unspecified atom stereocenters. The Bertz CT molecular complexity index is 1080. The molecule has 0 spiro atoms. The number of benzene rings is 1. The first-order valence-corrected chi connectivity index (χ1v) is 9.31. The molecule has 162 valence electrons. The van der Waals surface area contributed by atoms with Crippen LogP contribution >= 0.6 is 12.4 Å². The number of ether oxygens (including phenoxy) is 1. The van der Waals surface area contributed by atoms with Crippen LogP contribution in [0.5, 0.6) is 5.75 Å². The van der Waals surface area contributed by atoms with E-state index >= 15 is 0 Å².